The van der Waals surface area contributed by atoms with Gasteiger partial charge in [0.15, 0.2) is 0 Å². The number of ether oxygens (including phenoxy) is 1. The number of methoxy groups -OCH3 is 1. The van der Waals surface area contributed by atoms with Crippen LogP contribution >= 0.6 is 11.3 Å². The van der Waals surface area contributed by atoms with Crippen molar-refractivity contribution in [2.24, 2.45) is 0 Å². The first-order valence-electron chi connectivity index (χ1n) is 10.3. The van der Waals surface area contributed by atoms with Gasteiger partial charge < -0.3 is 20.3 Å². The van der Waals surface area contributed by atoms with Crippen molar-refractivity contribution in [3.8, 4) is 16.9 Å². The van der Waals surface area contributed by atoms with Crippen molar-refractivity contribution >= 4 is 34.7 Å². The number of nitrogens with zero attached hydrogens (tertiary/aromatic N) is 1. The Bertz CT molecular complexity index is 1190. The molecule has 3 amide bonds. The zero-order chi connectivity index (χ0) is 22.2. The number of carbonyl (C=O) groups excluding carboxylic acids is 3. The largest absolute Gasteiger partial charge is 0.497 e. The summed E-state index contributed by atoms with van der Waals surface area (Å²) in [4.78, 5) is 40.5. The molecule has 3 aromatic rings. The summed E-state index contributed by atoms with van der Waals surface area (Å²) in [6, 6.07) is 13.4. The van der Waals surface area contributed by atoms with Crippen LogP contribution in [0.4, 0.5) is 5.69 Å². The summed E-state index contributed by atoms with van der Waals surface area (Å²) in [6.45, 7) is 0.279. The number of rotatable bonds is 4. The zero-order valence-corrected chi connectivity index (χ0v) is 18.1. The molecule has 1 saturated heterocycles. The van der Waals surface area contributed by atoms with E-state index < -0.39 is 6.04 Å². The van der Waals surface area contributed by atoms with E-state index in [1.807, 2.05) is 29.0 Å². The summed E-state index contributed by atoms with van der Waals surface area (Å²) < 4.78 is 5.12. The normalized spacial score (nSPS) is 19.6. The second-order valence-corrected chi connectivity index (χ2v) is 8.65. The fourth-order valence-electron chi connectivity index (χ4n) is 4.23. The number of amides is 3. The molecule has 162 valence electrons. The lowest BCUT2D eigenvalue weighted by molar-refractivity contribution is -0.119. The molecule has 0 unspecified atom stereocenters. The average Bonchev–Trinajstić information content (AvgIpc) is 3.48. The van der Waals surface area contributed by atoms with E-state index in [4.69, 9.17) is 4.74 Å². The second kappa shape index (κ2) is 8.12. The van der Waals surface area contributed by atoms with Crippen molar-refractivity contribution in [3.05, 3.63) is 70.4 Å². The van der Waals surface area contributed by atoms with E-state index in [1.54, 1.807) is 53.7 Å². The molecule has 8 heteroatoms. The summed E-state index contributed by atoms with van der Waals surface area (Å²) in [6.07, 6.45) is 0.366. The lowest BCUT2D eigenvalue weighted by atomic mass is 10.0. The molecule has 0 radical (unpaired) electrons. The molecule has 0 saturated carbocycles. The van der Waals surface area contributed by atoms with Crippen LogP contribution in [0.1, 0.15) is 27.1 Å². The van der Waals surface area contributed by atoms with Crippen LogP contribution in [-0.2, 0) is 4.79 Å². The Kier molecular flexibility index (Phi) is 5.14. The van der Waals surface area contributed by atoms with Crippen LogP contribution in [0.5, 0.6) is 5.75 Å². The summed E-state index contributed by atoms with van der Waals surface area (Å²) in [5.41, 5.74) is 3.44. The molecule has 0 bridgehead atoms. The van der Waals surface area contributed by atoms with Gasteiger partial charge in [-0.2, -0.15) is 11.3 Å². The minimum Gasteiger partial charge on any atom is -0.497 e. The smallest absolute Gasteiger partial charge is 0.256 e. The van der Waals surface area contributed by atoms with Crippen LogP contribution in [-0.4, -0.2) is 48.4 Å². The number of hydrogen-bond acceptors (Lipinski definition) is 5. The Morgan fingerprint density at radius 2 is 1.94 bits per heavy atom. The van der Waals surface area contributed by atoms with Gasteiger partial charge in [0.2, 0.25) is 5.91 Å². The first-order chi connectivity index (χ1) is 15.5. The van der Waals surface area contributed by atoms with E-state index in [0.29, 0.717) is 29.0 Å². The zero-order valence-electron chi connectivity index (χ0n) is 17.3. The van der Waals surface area contributed by atoms with Crippen molar-refractivity contribution in [3.63, 3.8) is 0 Å². The Balaban J connectivity index is 1.36. The first kappa shape index (κ1) is 20.3. The van der Waals surface area contributed by atoms with Gasteiger partial charge in [-0.1, -0.05) is 6.07 Å². The van der Waals surface area contributed by atoms with Crippen molar-refractivity contribution in [2.45, 2.75) is 18.5 Å². The van der Waals surface area contributed by atoms with Gasteiger partial charge >= 0.3 is 0 Å². The average molecular weight is 448 g/mol. The van der Waals surface area contributed by atoms with Crippen molar-refractivity contribution in [2.75, 3.05) is 19.0 Å². The predicted molar refractivity (Wildman–Crippen MR) is 122 cm³/mol. The monoisotopic (exact) mass is 447 g/mol. The number of thiophene rings is 1. The van der Waals surface area contributed by atoms with Crippen LogP contribution in [0, 0.1) is 0 Å². The molecule has 2 aliphatic heterocycles. The van der Waals surface area contributed by atoms with Gasteiger partial charge in [-0.25, -0.2) is 0 Å². The lowest BCUT2D eigenvalue weighted by Crippen LogP contribution is -2.41. The molecular weight excluding hydrogens is 426 g/mol. The molecule has 2 aromatic carbocycles. The Hall–Kier alpha value is -3.65. The first-order valence-corrected chi connectivity index (χ1v) is 11.2. The highest BCUT2D eigenvalue weighted by Crippen LogP contribution is 2.32. The number of nitrogens with one attached hydrogen (secondary N) is 2. The highest BCUT2D eigenvalue weighted by Gasteiger charge is 2.43. The highest BCUT2D eigenvalue weighted by atomic mass is 32.1. The summed E-state index contributed by atoms with van der Waals surface area (Å²) in [5.74, 6) is -0.0231. The fourth-order valence-corrected chi connectivity index (χ4v) is 4.90. The number of fused-ring (bicyclic) bond motifs is 2. The molecule has 0 spiro atoms. The molecule has 2 N–H and O–H groups in total. The standard InChI is InChI=1S/C24H21N3O4S/c1-31-18-5-2-14(3-6-18)22(28)25-17-11-21-23(29)26-20-7-4-15(16-8-9-32-13-16)10-19(20)24(30)27(21)12-17/h2-10,13,17,21H,11-12H2,1H3,(H,25,28)(H,26,29)/t17-,21-/m1/s1. The summed E-state index contributed by atoms with van der Waals surface area (Å²) >= 11 is 1.59. The Morgan fingerprint density at radius 3 is 2.66 bits per heavy atom. The lowest BCUT2D eigenvalue weighted by Gasteiger charge is -2.20. The minimum atomic E-state index is -0.624. The van der Waals surface area contributed by atoms with Crippen LogP contribution in [0.25, 0.3) is 11.1 Å². The van der Waals surface area contributed by atoms with Crippen molar-refractivity contribution in [1.82, 2.24) is 10.2 Å². The third-order valence-electron chi connectivity index (χ3n) is 5.91. The molecule has 32 heavy (non-hydrogen) atoms. The van der Waals surface area contributed by atoms with Gasteiger partial charge in [0.05, 0.1) is 18.4 Å². The molecule has 1 fully saturated rings. The SMILES string of the molecule is COc1ccc(C(=O)N[C@@H]2C[C@@H]3C(=O)Nc4ccc(-c5ccsc5)cc4C(=O)N3C2)cc1. The fraction of sp³-hybridized carbons (Fsp3) is 0.208. The van der Waals surface area contributed by atoms with Gasteiger partial charge in [0, 0.05) is 18.2 Å². The van der Waals surface area contributed by atoms with Crippen LogP contribution < -0.4 is 15.4 Å². The minimum absolute atomic E-state index is 0.207. The van der Waals surface area contributed by atoms with E-state index >= 15 is 0 Å². The van der Waals surface area contributed by atoms with E-state index in [0.717, 1.165) is 11.1 Å². The molecular formula is C24H21N3O4S. The molecule has 2 aliphatic rings. The maximum atomic E-state index is 13.4. The molecule has 1 aromatic heterocycles. The Morgan fingerprint density at radius 1 is 1.12 bits per heavy atom. The number of carbonyl (C=O) groups is 3. The summed E-state index contributed by atoms with van der Waals surface area (Å²) in [7, 11) is 1.57. The van der Waals surface area contributed by atoms with E-state index in [-0.39, 0.29) is 30.3 Å². The van der Waals surface area contributed by atoms with Gasteiger partial charge in [-0.15, -0.1) is 0 Å². The van der Waals surface area contributed by atoms with Gasteiger partial charge in [-0.3, -0.25) is 14.4 Å². The Labute approximate surface area is 189 Å². The predicted octanol–water partition coefficient (Wildman–Crippen LogP) is 3.39. The maximum Gasteiger partial charge on any atom is 0.256 e. The molecule has 2 atom stereocenters. The quantitative estimate of drug-likeness (QED) is 0.642. The van der Waals surface area contributed by atoms with Gasteiger partial charge in [0.25, 0.3) is 11.8 Å². The molecule has 5 rings (SSSR count). The second-order valence-electron chi connectivity index (χ2n) is 7.87. The van der Waals surface area contributed by atoms with Gasteiger partial charge in [-0.05, 0) is 70.8 Å². The molecule has 0 aliphatic carbocycles. The van der Waals surface area contributed by atoms with Crippen LogP contribution in [0.15, 0.2) is 59.3 Å². The third kappa shape index (κ3) is 3.62. The highest BCUT2D eigenvalue weighted by molar-refractivity contribution is 7.08. The van der Waals surface area contributed by atoms with Crippen molar-refractivity contribution < 1.29 is 19.1 Å². The van der Waals surface area contributed by atoms with Crippen LogP contribution in [0.3, 0.4) is 0 Å². The van der Waals surface area contributed by atoms with E-state index in [2.05, 4.69) is 10.6 Å². The number of benzene rings is 2. The van der Waals surface area contributed by atoms with Crippen molar-refractivity contribution in [1.29, 1.82) is 0 Å². The topological polar surface area (TPSA) is 87.7 Å². The maximum absolute atomic E-state index is 13.4. The summed E-state index contributed by atoms with van der Waals surface area (Å²) in [5, 5.41) is 9.85. The van der Waals surface area contributed by atoms with E-state index in [1.165, 1.54) is 0 Å². The molecule has 3 heterocycles. The third-order valence-corrected chi connectivity index (χ3v) is 6.60. The number of hydrogen-bond donors (Lipinski definition) is 2. The van der Waals surface area contributed by atoms with Gasteiger partial charge in [0.1, 0.15) is 11.8 Å². The van der Waals surface area contributed by atoms with Crippen LogP contribution in [0.2, 0.25) is 0 Å². The van der Waals surface area contributed by atoms with E-state index in [9.17, 15) is 14.4 Å². The molecule has 7 nitrogen and oxygen atoms in total. The number of anilines is 1.